The molecule has 1 aromatic carbocycles. The van der Waals surface area contributed by atoms with E-state index in [1.165, 1.54) is 6.42 Å². The minimum Gasteiger partial charge on any atom is -0.497 e. The van der Waals surface area contributed by atoms with Crippen molar-refractivity contribution in [1.29, 1.82) is 0 Å². The Labute approximate surface area is 184 Å². The van der Waals surface area contributed by atoms with Gasteiger partial charge in [0.2, 0.25) is 0 Å². The first kappa shape index (κ1) is 22.9. The minimum absolute atomic E-state index is 0.0454. The maximum absolute atomic E-state index is 12.9. The third-order valence-corrected chi connectivity index (χ3v) is 5.63. The van der Waals surface area contributed by atoms with Crippen LogP contribution >= 0.6 is 0 Å². The van der Waals surface area contributed by atoms with Crippen molar-refractivity contribution in [3.8, 4) is 5.75 Å². The molecule has 31 heavy (non-hydrogen) atoms. The summed E-state index contributed by atoms with van der Waals surface area (Å²) in [4.78, 5) is 29.5. The van der Waals surface area contributed by atoms with Crippen molar-refractivity contribution in [2.45, 2.75) is 57.5 Å². The van der Waals surface area contributed by atoms with E-state index in [1.54, 1.807) is 26.3 Å². The lowest BCUT2D eigenvalue weighted by molar-refractivity contribution is 0.00979. The molecule has 2 heterocycles. The number of ketones is 1. The fourth-order valence-electron chi connectivity index (χ4n) is 3.91. The van der Waals surface area contributed by atoms with Gasteiger partial charge in [-0.25, -0.2) is 4.98 Å². The minimum atomic E-state index is -0.295. The van der Waals surface area contributed by atoms with Crippen LogP contribution in [0.15, 0.2) is 36.4 Å². The Kier molecular flexibility index (Phi) is 8.59. The molecule has 2 aromatic rings. The van der Waals surface area contributed by atoms with Crippen LogP contribution in [0.3, 0.4) is 0 Å². The van der Waals surface area contributed by atoms with Crippen LogP contribution in [-0.2, 0) is 11.2 Å². The van der Waals surface area contributed by atoms with Crippen LogP contribution in [0.25, 0.3) is 0 Å². The number of nitrogens with zero attached hydrogens (tertiary/aromatic N) is 1. The zero-order valence-electron chi connectivity index (χ0n) is 18.5. The van der Waals surface area contributed by atoms with Crippen LogP contribution in [0.4, 0.5) is 0 Å². The predicted molar refractivity (Wildman–Crippen MR) is 120 cm³/mol. The molecule has 6 nitrogen and oxygen atoms in total. The first-order valence-electron chi connectivity index (χ1n) is 11.1. The summed E-state index contributed by atoms with van der Waals surface area (Å²) in [6, 6.07) is 11.1. The first-order chi connectivity index (χ1) is 15.1. The summed E-state index contributed by atoms with van der Waals surface area (Å²) in [6.07, 6.45) is 7.64. The van der Waals surface area contributed by atoms with E-state index in [1.807, 2.05) is 24.3 Å². The normalized spacial score (nSPS) is 16.0. The summed E-state index contributed by atoms with van der Waals surface area (Å²) in [7, 11) is 3.19. The van der Waals surface area contributed by atoms with Crippen LogP contribution in [-0.4, -0.2) is 43.5 Å². The number of amides is 1. The molecule has 0 radical (unpaired) electrons. The topological polar surface area (TPSA) is 77.5 Å². The van der Waals surface area contributed by atoms with Crippen LogP contribution in [0.5, 0.6) is 5.75 Å². The molecule has 166 valence electrons. The zero-order valence-corrected chi connectivity index (χ0v) is 18.5. The van der Waals surface area contributed by atoms with Gasteiger partial charge in [-0.3, -0.25) is 9.59 Å². The SMILES string of the molecule is CNC(=O)c1cc(C(=O)CCCCC2CCCCO2)cc(Cc2cccc(OC)c2)n1. The van der Waals surface area contributed by atoms with Gasteiger partial charge < -0.3 is 14.8 Å². The highest BCUT2D eigenvalue weighted by Gasteiger charge is 2.16. The van der Waals surface area contributed by atoms with Gasteiger partial charge in [0.25, 0.3) is 5.91 Å². The quantitative estimate of drug-likeness (QED) is 0.453. The molecule has 0 aliphatic carbocycles. The van der Waals surface area contributed by atoms with E-state index in [-0.39, 0.29) is 17.4 Å². The van der Waals surface area contributed by atoms with Gasteiger partial charge in [0.15, 0.2) is 5.78 Å². The van der Waals surface area contributed by atoms with E-state index < -0.39 is 0 Å². The van der Waals surface area contributed by atoms with Crippen molar-refractivity contribution in [1.82, 2.24) is 10.3 Å². The van der Waals surface area contributed by atoms with Gasteiger partial charge in [0, 0.05) is 37.8 Å². The molecule has 1 amide bonds. The molecular weight excluding hydrogens is 392 g/mol. The molecule has 1 fully saturated rings. The number of carbonyl (C=O) groups excluding carboxylic acids is 2. The number of hydrogen-bond donors (Lipinski definition) is 1. The Bertz CT molecular complexity index is 891. The Morgan fingerprint density at radius 2 is 2.06 bits per heavy atom. The van der Waals surface area contributed by atoms with Gasteiger partial charge in [-0.15, -0.1) is 0 Å². The molecule has 1 aliphatic rings. The van der Waals surface area contributed by atoms with Crippen LogP contribution in [0.1, 0.15) is 77.0 Å². The fourth-order valence-corrected chi connectivity index (χ4v) is 3.91. The highest BCUT2D eigenvalue weighted by Crippen LogP contribution is 2.20. The number of ether oxygens (including phenoxy) is 2. The second-order valence-corrected chi connectivity index (χ2v) is 8.00. The molecule has 6 heteroatoms. The summed E-state index contributed by atoms with van der Waals surface area (Å²) in [6.45, 7) is 0.860. The van der Waals surface area contributed by atoms with Crippen molar-refractivity contribution >= 4 is 11.7 Å². The number of aromatic nitrogens is 1. The van der Waals surface area contributed by atoms with Gasteiger partial charge in [-0.1, -0.05) is 18.6 Å². The van der Waals surface area contributed by atoms with Gasteiger partial charge in [0.1, 0.15) is 11.4 Å². The number of benzene rings is 1. The lowest BCUT2D eigenvalue weighted by Gasteiger charge is -2.22. The highest BCUT2D eigenvalue weighted by molar-refractivity contribution is 5.99. The van der Waals surface area contributed by atoms with E-state index in [9.17, 15) is 9.59 Å². The summed E-state index contributed by atoms with van der Waals surface area (Å²) in [5, 5.41) is 2.60. The lowest BCUT2D eigenvalue weighted by atomic mass is 9.99. The maximum Gasteiger partial charge on any atom is 0.269 e. The Balaban J connectivity index is 1.66. The molecule has 1 unspecified atom stereocenters. The molecule has 3 rings (SSSR count). The summed E-state index contributed by atoms with van der Waals surface area (Å²) >= 11 is 0. The summed E-state index contributed by atoms with van der Waals surface area (Å²) < 4.78 is 11.1. The van der Waals surface area contributed by atoms with Crippen molar-refractivity contribution in [3.63, 3.8) is 0 Å². The molecule has 1 aromatic heterocycles. The Morgan fingerprint density at radius 3 is 2.81 bits per heavy atom. The number of nitrogens with one attached hydrogen (secondary N) is 1. The van der Waals surface area contributed by atoms with Gasteiger partial charge in [-0.2, -0.15) is 0 Å². The molecule has 1 saturated heterocycles. The molecule has 0 bridgehead atoms. The smallest absolute Gasteiger partial charge is 0.269 e. The molecular formula is C25H32N2O4. The van der Waals surface area contributed by atoms with Crippen molar-refractivity contribution in [2.75, 3.05) is 20.8 Å². The first-order valence-corrected chi connectivity index (χ1v) is 11.1. The molecule has 1 aliphatic heterocycles. The predicted octanol–water partition coefficient (Wildman–Crippen LogP) is 4.35. The second-order valence-electron chi connectivity index (χ2n) is 8.00. The Hall–Kier alpha value is -2.73. The molecule has 0 saturated carbocycles. The van der Waals surface area contributed by atoms with E-state index in [0.29, 0.717) is 30.2 Å². The number of hydrogen-bond acceptors (Lipinski definition) is 5. The van der Waals surface area contributed by atoms with Crippen molar-refractivity contribution in [2.24, 2.45) is 0 Å². The van der Waals surface area contributed by atoms with E-state index in [0.717, 1.165) is 50.0 Å². The average molecular weight is 425 g/mol. The van der Waals surface area contributed by atoms with Crippen molar-refractivity contribution < 1.29 is 19.1 Å². The zero-order chi connectivity index (χ0) is 22.1. The van der Waals surface area contributed by atoms with Crippen LogP contribution in [0, 0.1) is 0 Å². The van der Waals surface area contributed by atoms with Gasteiger partial charge in [0.05, 0.1) is 13.2 Å². The van der Waals surface area contributed by atoms with Crippen LogP contribution < -0.4 is 10.1 Å². The van der Waals surface area contributed by atoms with Gasteiger partial charge >= 0.3 is 0 Å². The third kappa shape index (κ3) is 6.89. The lowest BCUT2D eigenvalue weighted by Crippen LogP contribution is -2.20. The fraction of sp³-hybridized carbons (Fsp3) is 0.480. The van der Waals surface area contributed by atoms with Gasteiger partial charge in [-0.05, 0) is 61.9 Å². The molecule has 0 spiro atoms. The van der Waals surface area contributed by atoms with Crippen LogP contribution in [0.2, 0.25) is 0 Å². The second kappa shape index (κ2) is 11.6. The maximum atomic E-state index is 12.9. The summed E-state index contributed by atoms with van der Waals surface area (Å²) in [5.74, 6) is 0.512. The molecule has 1 atom stereocenters. The number of unbranched alkanes of at least 4 members (excludes halogenated alkanes) is 1. The van der Waals surface area contributed by atoms with E-state index in [4.69, 9.17) is 9.47 Å². The van der Waals surface area contributed by atoms with E-state index in [2.05, 4.69) is 10.3 Å². The molecule has 1 N–H and O–H groups in total. The summed E-state index contributed by atoms with van der Waals surface area (Å²) in [5.41, 5.74) is 2.50. The standard InChI is InChI=1S/C25H32N2O4/c1-26-25(29)23-17-19(24(28)12-4-3-9-21-10-5-6-13-31-21)16-20(27-23)14-18-8-7-11-22(15-18)30-2/h7-8,11,15-17,21H,3-6,9-10,12-14H2,1-2H3,(H,26,29). The van der Waals surface area contributed by atoms with Crippen molar-refractivity contribution in [3.05, 3.63) is 58.9 Å². The average Bonchev–Trinajstić information content (AvgIpc) is 2.81. The number of methoxy groups -OCH3 is 1. The number of carbonyl (C=O) groups is 2. The Morgan fingerprint density at radius 1 is 1.19 bits per heavy atom. The largest absolute Gasteiger partial charge is 0.497 e. The highest BCUT2D eigenvalue weighted by atomic mass is 16.5. The van der Waals surface area contributed by atoms with E-state index >= 15 is 0 Å². The third-order valence-electron chi connectivity index (χ3n) is 5.63. The number of Topliss-reactive ketones (excluding diaryl/α,β-unsaturated/α-hetero) is 1. The number of pyridine rings is 1. The number of rotatable bonds is 10. The monoisotopic (exact) mass is 424 g/mol.